The van der Waals surface area contributed by atoms with E-state index in [1.807, 2.05) is 0 Å². The molecule has 0 fully saturated rings. The van der Waals surface area contributed by atoms with Crippen LogP contribution in [-0.2, 0) is 9.53 Å². The number of esters is 2. The fourth-order valence-corrected chi connectivity index (χ4v) is 2.39. The molecule has 0 unspecified atom stereocenters. The molecule has 0 radical (unpaired) electrons. The van der Waals surface area contributed by atoms with Crippen LogP contribution in [0.15, 0.2) is 42.0 Å². The van der Waals surface area contributed by atoms with Crippen molar-refractivity contribution < 1.29 is 33.3 Å². The number of rotatable bonds is 7. The molecule has 150 valence electrons. The van der Waals surface area contributed by atoms with E-state index in [2.05, 4.69) is 4.74 Å². The SMILES string of the molecule is COC(=O)/C(C#N)=C/c1ccc(OC(=O)c2ccc(OC)c(OC)c2)c(OC)c1. The Bertz CT molecular complexity index is 989. The van der Waals surface area contributed by atoms with E-state index < -0.39 is 11.9 Å². The number of nitrogens with zero attached hydrogens (tertiary/aromatic N) is 1. The molecule has 0 aliphatic carbocycles. The third-order valence-corrected chi connectivity index (χ3v) is 3.85. The average Bonchev–Trinajstić information content (AvgIpc) is 2.76. The molecule has 0 heterocycles. The van der Waals surface area contributed by atoms with E-state index in [4.69, 9.17) is 24.2 Å². The molecule has 8 nitrogen and oxygen atoms in total. The maximum absolute atomic E-state index is 12.5. The molecule has 0 amide bonds. The summed E-state index contributed by atoms with van der Waals surface area (Å²) >= 11 is 0. The molecular weight excluding hydrogens is 378 g/mol. The summed E-state index contributed by atoms with van der Waals surface area (Å²) in [4.78, 5) is 24.0. The highest BCUT2D eigenvalue weighted by Gasteiger charge is 2.16. The summed E-state index contributed by atoms with van der Waals surface area (Å²) in [5.74, 6) is -0.0936. The smallest absolute Gasteiger partial charge is 0.348 e. The van der Waals surface area contributed by atoms with Crippen LogP contribution >= 0.6 is 0 Å². The van der Waals surface area contributed by atoms with Crippen molar-refractivity contribution >= 4 is 18.0 Å². The molecule has 0 N–H and O–H groups in total. The van der Waals surface area contributed by atoms with E-state index in [-0.39, 0.29) is 22.6 Å². The Balaban J connectivity index is 2.30. The summed E-state index contributed by atoms with van der Waals surface area (Å²) in [6.07, 6.45) is 1.34. The second-order valence-corrected chi connectivity index (χ2v) is 5.53. The minimum absolute atomic E-state index is 0.168. The number of benzene rings is 2. The van der Waals surface area contributed by atoms with Crippen molar-refractivity contribution in [2.75, 3.05) is 28.4 Å². The van der Waals surface area contributed by atoms with Gasteiger partial charge in [-0.15, -0.1) is 0 Å². The molecule has 0 bridgehead atoms. The molecule has 0 saturated heterocycles. The Hall–Kier alpha value is -3.99. The van der Waals surface area contributed by atoms with Gasteiger partial charge in [0.05, 0.1) is 34.0 Å². The molecule has 2 rings (SSSR count). The number of hydrogen-bond acceptors (Lipinski definition) is 8. The van der Waals surface area contributed by atoms with Gasteiger partial charge < -0.3 is 23.7 Å². The number of methoxy groups -OCH3 is 4. The maximum atomic E-state index is 12.5. The van der Waals surface area contributed by atoms with Gasteiger partial charge in [-0.25, -0.2) is 9.59 Å². The molecule has 0 spiro atoms. The first-order valence-corrected chi connectivity index (χ1v) is 8.29. The van der Waals surface area contributed by atoms with E-state index in [9.17, 15) is 9.59 Å². The van der Waals surface area contributed by atoms with Crippen LogP contribution in [0.25, 0.3) is 6.08 Å². The van der Waals surface area contributed by atoms with E-state index in [0.717, 1.165) is 0 Å². The molecule has 0 atom stereocenters. The molecule has 0 aliphatic rings. The molecule has 2 aromatic rings. The van der Waals surface area contributed by atoms with Crippen molar-refractivity contribution in [2.45, 2.75) is 0 Å². The highest BCUT2D eigenvalue weighted by atomic mass is 16.6. The molecule has 0 aliphatic heterocycles. The van der Waals surface area contributed by atoms with Crippen molar-refractivity contribution in [2.24, 2.45) is 0 Å². The average molecular weight is 397 g/mol. The molecule has 0 saturated carbocycles. The number of ether oxygens (including phenoxy) is 5. The second-order valence-electron chi connectivity index (χ2n) is 5.53. The number of carbonyl (C=O) groups excluding carboxylic acids is 2. The monoisotopic (exact) mass is 397 g/mol. The summed E-state index contributed by atoms with van der Waals surface area (Å²) in [7, 11) is 5.55. The van der Waals surface area contributed by atoms with Crippen molar-refractivity contribution in [1.29, 1.82) is 5.26 Å². The van der Waals surface area contributed by atoms with Crippen molar-refractivity contribution in [3.8, 4) is 29.1 Å². The molecule has 0 aromatic heterocycles. The Labute approximate surface area is 167 Å². The van der Waals surface area contributed by atoms with E-state index in [1.54, 1.807) is 24.3 Å². The van der Waals surface area contributed by atoms with Crippen molar-refractivity contribution in [3.63, 3.8) is 0 Å². The lowest BCUT2D eigenvalue weighted by Gasteiger charge is -2.12. The fourth-order valence-electron chi connectivity index (χ4n) is 2.39. The lowest BCUT2D eigenvalue weighted by atomic mass is 10.1. The third kappa shape index (κ3) is 5.05. The summed E-state index contributed by atoms with van der Waals surface area (Å²) in [6.45, 7) is 0. The number of nitriles is 1. The van der Waals surface area contributed by atoms with Crippen LogP contribution in [0.4, 0.5) is 0 Å². The highest BCUT2D eigenvalue weighted by Crippen LogP contribution is 2.31. The van der Waals surface area contributed by atoms with Gasteiger partial charge in [-0.05, 0) is 42.0 Å². The number of carbonyl (C=O) groups is 2. The zero-order chi connectivity index (χ0) is 21.4. The summed E-state index contributed by atoms with van der Waals surface area (Å²) in [6, 6.07) is 11.0. The first-order chi connectivity index (χ1) is 14.0. The fraction of sp³-hybridized carbons (Fsp3) is 0.190. The van der Waals surface area contributed by atoms with Crippen molar-refractivity contribution in [1.82, 2.24) is 0 Å². The zero-order valence-corrected chi connectivity index (χ0v) is 16.3. The molecular formula is C21H19NO7. The van der Waals surface area contributed by atoms with Gasteiger partial charge in [-0.3, -0.25) is 0 Å². The normalized spacial score (nSPS) is 10.5. The summed E-state index contributed by atoms with van der Waals surface area (Å²) in [5, 5.41) is 9.06. The van der Waals surface area contributed by atoms with Gasteiger partial charge in [-0.1, -0.05) is 6.07 Å². The van der Waals surface area contributed by atoms with Gasteiger partial charge >= 0.3 is 11.9 Å². The predicted molar refractivity (Wildman–Crippen MR) is 103 cm³/mol. The molecule has 8 heteroatoms. The highest BCUT2D eigenvalue weighted by molar-refractivity contribution is 5.98. The Morgan fingerprint density at radius 3 is 2.07 bits per heavy atom. The topological polar surface area (TPSA) is 104 Å². The van der Waals surface area contributed by atoms with Crippen LogP contribution in [-0.4, -0.2) is 40.4 Å². The number of hydrogen-bond donors (Lipinski definition) is 0. The Morgan fingerprint density at radius 1 is 0.862 bits per heavy atom. The second kappa shape index (κ2) is 9.80. The standard InChI is InChI=1S/C21H19NO7/c1-25-16-8-6-14(11-19(16)27-3)21(24)29-17-7-5-13(10-18(17)26-2)9-15(12-22)20(23)28-4/h5-11H,1-4H3/b15-9+. The minimum atomic E-state index is -0.754. The van der Waals surface area contributed by atoms with Crippen molar-refractivity contribution in [3.05, 3.63) is 53.1 Å². The predicted octanol–water partition coefficient (Wildman–Crippen LogP) is 3.01. The molecule has 29 heavy (non-hydrogen) atoms. The lowest BCUT2D eigenvalue weighted by molar-refractivity contribution is -0.135. The largest absolute Gasteiger partial charge is 0.493 e. The summed E-state index contributed by atoms with van der Waals surface area (Å²) in [5.41, 5.74) is 0.575. The summed E-state index contributed by atoms with van der Waals surface area (Å²) < 4.78 is 25.5. The maximum Gasteiger partial charge on any atom is 0.348 e. The van der Waals surface area contributed by atoms with Gasteiger partial charge in [0.15, 0.2) is 23.0 Å². The quantitative estimate of drug-likeness (QED) is 0.304. The van der Waals surface area contributed by atoms with Gasteiger partial charge in [0.25, 0.3) is 0 Å². The van der Waals surface area contributed by atoms with Gasteiger partial charge in [-0.2, -0.15) is 5.26 Å². The molecule has 2 aromatic carbocycles. The Morgan fingerprint density at radius 2 is 1.48 bits per heavy atom. The Kier molecular flexibility index (Phi) is 7.20. The van der Waals surface area contributed by atoms with Crippen LogP contribution in [0, 0.1) is 11.3 Å². The van der Waals surface area contributed by atoms with Crippen LogP contribution in [0.5, 0.6) is 23.0 Å². The van der Waals surface area contributed by atoms with E-state index >= 15 is 0 Å². The first-order valence-electron chi connectivity index (χ1n) is 8.29. The van der Waals surface area contributed by atoms with E-state index in [1.165, 1.54) is 52.7 Å². The van der Waals surface area contributed by atoms with Gasteiger partial charge in [0.2, 0.25) is 0 Å². The van der Waals surface area contributed by atoms with Crippen LogP contribution in [0.1, 0.15) is 15.9 Å². The van der Waals surface area contributed by atoms with Crippen LogP contribution in [0.2, 0.25) is 0 Å². The third-order valence-electron chi connectivity index (χ3n) is 3.85. The lowest BCUT2D eigenvalue weighted by Crippen LogP contribution is -2.10. The van der Waals surface area contributed by atoms with Gasteiger partial charge in [0, 0.05) is 0 Å². The van der Waals surface area contributed by atoms with Crippen LogP contribution in [0.3, 0.4) is 0 Å². The van der Waals surface area contributed by atoms with E-state index in [0.29, 0.717) is 17.1 Å². The first kappa shape index (κ1) is 21.3. The zero-order valence-electron chi connectivity index (χ0n) is 16.3. The minimum Gasteiger partial charge on any atom is -0.493 e. The van der Waals surface area contributed by atoms with Gasteiger partial charge in [0.1, 0.15) is 11.6 Å². The van der Waals surface area contributed by atoms with Crippen LogP contribution < -0.4 is 18.9 Å².